The molecular weight excluding hydrogens is 332 g/mol. The Balaban J connectivity index is 1.61. The van der Waals surface area contributed by atoms with Crippen LogP contribution in [-0.4, -0.2) is 24.3 Å². The number of hydrogen-bond donors (Lipinski definition) is 2. The van der Waals surface area contributed by atoms with Crippen molar-refractivity contribution in [1.82, 2.24) is 5.32 Å². The number of fused-ring (bicyclic) bond motifs is 2. The number of ether oxygens (including phenoxy) is 1. The Labute approximate surface area is 125 Å². The molecule has 2 bridgehead atoms. The summed E-state index contributed by atoms with van der Waals surface area (Å²) in [7, 11) is 0. The second kappa shape index (κ2) is 5.31. The lowest BCUT2D eigenvalue weighted by atomic mass is 9.96. The van der Waals surface area contributed by atoms with Gasteiger partial charge in [-0.3, -0.25) is 0 Å². The number of hydrogen-bond acceptors (Lipinski definition) is 2. The minimum absolute atomic E-state index is 0.122. The largest absolute Gasteiger partial charge is 0.373 e. The third-order valence-corrected chi connectivity index (χ3v) is 5.02. The summed E-state index contributed by atoms with van der Waals surface area (Å²) in [4.78, 5) is 12.0. The van der Waals surface area contributed by atoms with E-state index in [1.807, 2.05) is 0 Å². The highest BCUT2D eigenvalue weighted by Crippen LogP contribution is 2.34. The molecule has 4 nitrogen and oxygen atoms in total. The zero-order valence-electron chi connectivity index (χ0n) is 10.2. The van der Waals surface area contributed by atoms with E-state index in [1.54, 1.807) is 18.2 Å². The van der Waals surface area contributed by atoms with Crippen LogP contribution in [-0.2, 0) is 4.74 Å². The molecule has 2 aliphatic heterocycles. The average molecular weight is 346 g/mol. The van der Waals surface area contributed by atoms with Gasteiger partial charge in [-0.1, -0.05) is 17.7 Å². The van der Waals surface area contributed by atoms with E-state index >= 15 is 0 Å². The van der Waals surface area contributed by atoms with Gasteiger partial charge in [0.1, 0.15) is 0 Å². The van der Waals surface area contributed by atoms with Crippen LogP contribution in [0, 0.1) is 0 Å². The Hall–Kier alpha value is -0.780. The number of urea groups is 1. The van der Waals surface area contributed by atoms with Crippen molar-refractivity contribution in [2.45, 2.75) is 37.5 Å². The van der Waals surface area contributed by atoms with E-state index in [0.717, 1.165) is 19.3 Å². The van der Waals surface area contributed by atoms with Gasteiger partial charge in [0.2, 0.25) is 0 Å². The molecular formula is C13H14BrClN2O2. The van der Waals surface area contributed by atoms with Gasteiger partial charge in [-0.05, 0) is 47.3 Å². The number of halogens is 2. The molecule has 0 radical (unpaired) electrons. The normalized spacial score (nSPS) is 28.4. The Kier molecular flexibility index (Phi) is 3.69. The summed E-state index contributed by atoms with van der Waals surface area (Å²) in [6.45, 7) is 0. The van der Waals surface area contributed by atoms with Crippen LogP contribution >= 0.6 is 27.5 Å². The van der Waals surface area contributed by atoms with Gasteiger partial charge in [0, 0.05) is 0 Å². The Bertz CT molecular complexity index is 511. The van der Waals surface area contributed by atoms with Crippen molar-refractivity contribution in [3.63, 3.8) is 0 Å². The molecule has 0 saturated carbocycles. The number of benzene rings is 1. The number of amides is 2. The Morgan fingerprint density at radius 1 is 1.42 bits per heavy atom. The van der Waals surface area contributed by atoms with Crippen molar-refractivity contribution in [1.29, 1.82) is 0 Å². The standard InChI is InChI=1S/C13H14BrClN2O2/c14-12-8(15)2-1-3-9(12)16-13(18)17-10-6-7-4-5-11(10)19-7/h1-3,7,10-11H,4-6H2,(H2,16,17,18)/t7-,10-,11+/m1/s1. The third-order valence-electron chi connectivity index (χ3n) is 3.62. The predicted molar refractivity (Wildman–Crippen MR) is 77.6 cm³/mol. The van der Waals surface area contributed by atoms with E-state index in [9.17, 15) is 4.79 Å². The molecule has 2 fully saturated rings. The van der Waals surface area contributed by atoms with Crippen molar-refractivity contribution in [2.24, 2.45) is 0 Å². The minimum Gasteiger partial charge on any atom is -0.373 e. The van der Waals surface area contributed by atoms with Gasteiger partial charge in [0.15, 0.2) is 0 Å². The van der Waals surface area contributed by atoms with Crippen LogP contribution in [0.5, 0.6) is 0 Å². The predicted octanol–water partition coefficient (Wildman–Crippen LogP) is 3.54. The highest BCUT2D eigenvalue weighted by Gasteiger charge is 2.41. The average Bonchev–Trinajstić information content (AvgIpc) is 2.97. The number of carbonyl (C=O) groups is 1. The molecule has 102 valence electrons. The molecule has 2 amide bonds. The molecule has 19 heavy (non-hydrogen) atoms. The molecule has 0 spiro atoms. The lowest BCUT2D eigenvalue weighted by Gasteiger charge is -2.20. The molecule has 0 aromatic heterocycles. The highest BCUT2D eigenvalue weighted by atomic mass is 79.9. The summed E-state index contributed by atoms with van der Waals surface area (Å²) < 4.78 is 6.40. The van der Waals surface area contributed by atoms with E-state index in [0.29, 0.717) is 21.3 Å². The molecule has 2 saturated heterocycles. The second-order valence-corrected chi connectivity index (χ2v) is 6.12. The molecule has 0 aliphatic carbocycles. The van der Waals surface area contributed by atoms with E-state index in [4.69, 9.17) is 16.3 Å². The van der Waals surface area contributed by atoms with Crippen molar-refractivity contribution in [2.75, 3.05) is 5.32 Å². The summed E-state index contributed by atoms with van der Waals surface area (Å²) >= 11 is 9.34. The first kappa shape index (κ1) is 13.2. The molecule has 2 N–H and O–H groups in total. The van der Waals surface area contributed by atoms with E-state index in [1.165, 1.54) is 0 Å². The van der Waals surface area contributed by atoms with Gasteiger partial charge in [0.25, 0.3) is 0 Å². The second-order valence-electron chi connectivity index (χ2n) is 4.92. The maximum absolute atomic E-state index is 12.0. The Morgan fingerprint density at radius 2 is 2.26 bits per heavy atom. The van der Waals surface area contributed by atoms with Gasteiger partial charge in [-0.25, -0.2) is 4.79 Å². The fourth-order valence-corrected chi connectivity index (χ4v) is 3.25. The van der Waals surface area contributed by atoms with Gasteiger partial charge >= 0.3 is 6.03 Å². The van der Waals surface area contributed by atoms with Gasteiger partial charge in [-0.2, -0.15) is 0 Å². The van der Waals surface area contributed by atoms with Gasteiger partial charge in [0.05, 0.1) is 33.4 Å². The minimum atomic E-state index is -0.218. The smallest absolute Gasteiger partial charge is 0.319 e. The molecule has 6 heteroatoms. The topological polar surface area (TPSA) is 50.4 Å². The monoisotopic (exact) mass is 344 g/mol. The first-order valence-corrected chi connectivity index (χ1v) is 7.47. The van der Waals surface area contributed by atoms with Crippen LogP contribution < -0.4 is 10.6 Å². The molecule has 3 atom stereocenters. The summed E-state index contributed by atoms with van der Waals surface area (Å²) in [6, 6.07) is 5.26. The van der Waals surface area contributed by atoms with Gasteiger partial charge in [-0.15, -0.1) is 0 Å². The maximum atomic E-state index is 12.0. The van der Waals surface area contributed by atoms with Crippen LogP contribution in [0.3, 0.4) is 0 Å². The van der Waals surface area contributed by atoms with Crippen LogP contribution in [0.25, 0.3) is 0 Å². The zero-order chi connectivity index (χ0) is 13.4. The first-order chi connectivity index (χ1) is 9.13. The molecule has 3 rings (SSSR count). The van der Waals surface area contributed by atoms with Crippen molar-refractivity contribution in [3.8, 4) is 0 Å². The quantitative estimate of drug-likeness (QED) is 0.861. The molecule has 0 unspecified atom stereocenters. The fraction of sp³-hybridized carbons (Fsp3) is 0.462. The van der Waals surface area contributed by atoms with Crippen molar-refractivity contribution < 1.29 is 9.53 Å². The van der Waals surface area contributed by atoms with Crippen LogP contribution in [0.1, 0.15) is 19.3 Å². The SMILES string of the molecule is O=C(Nc1cccc(Cl)c1Br)N[C@@H]1C[C@H]2CC[C@@H]1O2. The van der Waals surface area contributed by atoms with E-state index in [2.05, 4.69) is 26.6 Å². The number of nitrogens with one attached hydrogen (secondary N) is 2. The summed E-state index contributed by atoms with van der Waals surface area (Å²) in [6.07, 6.45) is 3.57. The highest BCUT2D eigenvalue weighted by molar-refractivity contribution is 9.10. The van der Waals surface area contributed by atoms with E-state index in [-0.39, 0.29) is 18.2 Å². The van der Waals surface area contributed by atoms with Crippen LogP contribution in [0.15, 0.2) is 22.7 Å². The van der Waals surface area contributed by atoms with Crippen molar-refractivity contribution >= 4 is 39.2 Å². The summed E-state index contributed by atoms with van der Waals surface area (Å²) in [5.74, 6) is 0. The molecule has 2 aliphatic rings. The lowest BCUT2D eigenvalue weighted by molar-refractivity contribution is 0.0984. The van der Waals surface area contributed by atoms with Crippen molar-refractivity contribution in [3.05, 3.63) is 27.7 Å². The Morgan fingerprint density at radius 3 is 2.95 bits per heavy atom. The third kappa shape index (κ3) is 2.73. The van der Waals surface area contributed by atoms with Crippen LogP contribution in [0.2, 0.25) is 5.02 Å². The molecule has 2 heterocycles. The molecule has 1 aromatic rings. The number of rotatable bonds is 2. The van der Waals surface area contributed by atoms with E-state index < -0.39 is 0 Å². The van der Waals surface area contributed by atoms with Crippen LogP contribution in [0.4, 0.5) is 10.5 Å². The number of carbonyl (C=O) groups excluding carboxylic acids is 1. The maximum Gasteiger partial charge on any atom is 0.319 e. The summed E-state index contributed by atoms with van der Waals surface area (Å²) in [5.41, 5.74) is 0.661. The number of anilines is 1. The first-order valence-electron chi connectivity index (χ1n) is 6.30. The lowest BCUT2D eigenvalue weighted by Crippen LogP contribution is -2.43. The molecule has 1 aromatic carbocycles. The zero-order valence-corrected chi connectivity index (χ0v) is 12.5. The summed E-state index contributed by atoms with van der Waals surface area (Å²) in [5, 5.41) is 6.34. The fourth-order valence-electron chi connectivity index (χ4n) is 2.72. The van der Waals surface area contributed by atoms with Gasteiger partial charge < -0.3 is 15.4 Å².